The Balaban J connectivity index is 1.62. The monoisotopic (exact) mass is 312 g/mol. The maximum absolute atomic E-state index is 14.7. The molecule has 1 N–H and O–H groups in total. The fourth-order valence-electron chi connectivity index (χ4n) is 2.40. The third kappa shape index (κ3) is 4.07. The summed E-state index contributed by atoms with van der Waals surface area (Å²) in [5.74, 6) is 5.92. The number of hydrogen-bond donors (Lipinski definition) is 1. The summed E-state index contributed by atoms with van der Waals surface area (Å²) in [6.07, 6.45) is 0.654. The number of nitrogens with zero attached hydrogens (tertiary/aromatic N) is 2. The molecule has 3 rings (SSSR count). The number of aliphatic hydroxyl groups is 1. The molecule has 1 aromatic heterocycles. The minimum atomic E-state index is -1.67. The van der Waals surface area contributed by atoms with Gasteiger partial charge in [-0.25, -0.2) is 14.3 Å². The molecule has 0 radical (unpaired) electrons. The van der Waals surface area contributed by atoms with Crippen molar-refractivity contribution in [3.05, 3.63) is 60.4 Å². The molecule has 2 unspecified atom stereocenters. The molecule has 0 amide bonds. The topological polar surface area (TPSA) is 45.6 Å². The van der Waals surface area contributed by atoms with Crippen molar-refractivity contribution in [3.63, 3.8) is 0 Å². The second-order valence-corrected chi connectivity index (χ2v) is 5.41. The second kappa shape index (κ2) is 6.78. The van der Waals surface area contributed by atoms with Crippen molar-refractivity contribution >= 4 is 0 Å². The van der Waals surface area contributed by atoms with Gasteiger partial charge in [-0.05, 0) is 30.2 Å². The Hall–Kier alpha value is -2.42. The SMILES string of the molecule is OC(Oc1ccccc1)N1CCC(F)(C#Cc2ccccn2)C1. The van der Waals surface area contributed by atoms with Gasteiger partial charge in [-0.15, -0.1) is 0 Å². The summed E-state index contributed by atoms with van der Waals surface area (Å²) in [6.45, 7) is 0.377. The summed E-state index contributed by atoms with van der Waals surface area (Å²) in [4.78, 5) is 5.58. The highest BCUT2D eigenvalue weighted by atomic mass is 19.1. The van der Waals surface area contributed by atoms with Gasteiger partial charge in [0.2, 0.25) is 0 Å². The third-order valence-corrected chi connectivity index (χ3v) is 3.63. The first kappa shape index (κ1) is 15.5. The van der Waals surface area contributed by atoms with Gasteiger partial charge in [-0.1, -0.05) is 30.2 Å². The number of aliphatic hydroxyl groups excluding tert-OH is 1. The highest BCUT2D eigenvalue weighted by molar-refractivity contribution is 5.31. The first-order valence-corrected chi connectivity index (χ1v) is 7.42. The Labute approximate surface area is 134 Å². The minimum Gasteiger partial charge on any atom is -0.451 e. The number of hydrogen-bond acceptors (Lipinski definition) is 4. The number of alkyl halides is 1. The number of likely N-dealkylation sites (tertiary alicyclic amines) is 1. The smallest absolute Gasteiger partial charge is 0.259 e. The number of ether oxygens (including phenoxy) is 1. The van der Waals surface area contributed by atoms with E-state index in [9.17, 15) is 9.50 Å². The Kier molecular flexibility index (Phi) is 4.56. The molecule has 5 heteroatoms. The number of halogens is 1. The molecule has 2 heterocycles. The zero-order valence-corrected chi connectivity index (χ0v) is 12.5. The highest BCUT2D eigenvalue weighted by Crippen LogP contribution is 2.27. The van der Waals surface area contributed by atoms with Crippen LogP contribution in [-0.4, -0.2) is 40.2 Å². The van der Waals surface area contributed by atoms with Crippen LogP contribution >= 0.6 is 0 Å². The molecule has 2 aromatic rings. The van der Waals surface area contributed by atoms with E-state index in [-0.39, 0.29) is 13.0 Å². The molecule has 1 saturated heterocycles. The number of rotatable bonds is 3. The van der Waals surface area contributed by atoms with Crippen LogP contribution in [-0.2, 0) is 0 Å². The molecule has 1 fully saturated rings. The van der Waals surface area contributed by atoms with Gasteiger partial charge in [0.05, 0.1) is 0 Å². The molecule has 0 spiro atoms. The van der Waals surface area contributed by atoms with E-state index in [2.05, 4.69) is 16.8 Å². The van der Waals surface area contributed by atoms with Crippen molar-refractivity contribution in [2.45, 2.75) is 18.5 Å². The summed E-state index contributed by atoms with van der Waals surface area (Å²) in [5.41, 5.74) is -1.14. The average Bonchev–Trinajstić information content (AvgIpc) is 2.98. The third-order valence-electron chi connectivity index (χ3n) is 3.63. The van der Waals surface area contributed by atoms with Gasteiger partial charge in [0.25, 0.3) is 6.41 Å². The van der Waals surface area contributed by atoms with Crippen molar-refractivity contribution in [1.82, 2.24) is 9.88 Å². The van der Waals surface area contributed by atoms with Crippen molar-refractivity contribution in [2.24, 2.45) is 0 Å². The van der Waals surface area contributed by atoms with Crippen molar-refractivity contribution in [2.75, 3.05) is 13.1 Å². The number of aromatic nitrogens is 1. The fourth-order valence-corrected chi connectivity index (χ4v) is 2.40. The van der Waals surface area contributed by atoms with E-state index in [0.717, 1.165) is 0 Å². The van der Waals surface area contributed by atoms with Gasteiger partial charge >= 0.3 is 0 Å². The minimum absolute atomic E-state index is 0.000827. The van der Waals surface area contributed by atoms with Gasteiger partial charge in [0.15, 0.2) is 5.67 Å². The van der Waals surface area contributed by atoms with Crippen LogP contribution < -0.4 is 4.74 Å². The molecule has 0 saturated carbocycles. The van der Waals surface area contributed by atoms with E-state index >= 15 is 0 Å². The maximum atomic E-state index is 14.7. The molecule has 1 aliphatic heterocycles. The van der Waals surface area contributed by atoms with Crippen LogP contribution in [0.4, 0.5) is 4.39 Å². The van der Waals surface area contributed by atoms with E-state index in [1.807, 2.05) is 18.2 Å². The van der Waals surface area contributed by atoms with Crippen LogP contribution in [0.2, 0.25) is 0 Å². The predicted molar refractivity (Wildman–Crippen MR) is 84.2 cm³/mol. The van der Waals surface area contributed by atoms with Gasteiger partial charge in [-0.2, -0.15) is 0 Å². The quantitative estimate of drug-likeness (QED) is 0.697. The highest BCUT2D eigenvalue weighted by Gasteiger charge is 2.40. The van der Waals surface area contributed by atoms with Gasteiger partial charge < -0.3 is 9.84 Å². The maximum Gasteiger partial charge on any atom is 0.259 e. The van der Waals surface area contributed by atoms with E-state index in [1.54, 1.807) is 36.5 Å². The number of benzene rings is 1. The van der Waals surface area contributed by atoms with Crippen molar-refractivity contribution in [3.8, 4) is 17.6 Å². The van der Waals surface area contributed by atoms with Crippen LogP contribution in [0.1, 0.15) is 12.1 Å². The zero-order valence-electron chi connectivity index (χ0n) is 12.5. The number of para-hydroxylation sites is 1. The van der Waals surface area contributed by atoms with Crippen LogP contribution in [0.3, 0.4) is 0 Å². The Morgan fingerprint density at radius 2 is 2.00 bits per heavy atom. The standard InChI is InChI=1S/C18H17FN2O2/c19-18(10-9-15-6-4-5-12-20-15)11-13-21(14-18)17(22)23-16-7-2-1-3-8-16/h1-8,12,17,22H,11,13-14H2. The van der Waals surface area contributed by atoms with Crippen LogP contribution in [0.25, 0.3) is 0 Å². The summed E-state index contributed by atoms with van der Waals surface area (Å²) in [6, 6.07) is 14.3. The molecule has 23 heavy (non-hydrogen) atoms. The zero-order chi connectivity index (χ0) is 16.1. The lowest BCUT2D eigenvalue weighted by atomic mass is 10.1. The van der Waals surface area contributed by atoms with Crippen molar-refractivity contribution in [1.29, 1.82) is 0 Å². The summed E-state index contributed by atoms with van der Waals surface area (Å²) < 4.78 is 20.1. The molecule has 4 nitrogen and oxygen atoms in total. The normalized spacial score (nSPS) is 22.2. The molecule has 2 atom stereocenters. The average molecular weight is 312 g/mol. The van der Waals surface area contributed by atoms with Gasteiger partial charge in [0, 0.05) is 25.7 Å². The largest absolute Gasteiger partial charge is 0.451 e. The molecule has 118 valence electrons. The van der Waals surface area contributed by atoms with Crippen LogP contribution in [0, 0.1) is 11.8 Å². The van der Waals surface area contributed by atoms with Crippen LogP contribution in [0.15, 0.2) is 54.7 Å². The molecule has 1 aromatic carbocycles. The van der Waals surface area contributed by atoms with E-state index < -0.39 is 12.1 Å². The summed E-state index contributed by atoms with van der Waals surface area (Å²) in [7, 11) is 0. The van der Waals surface area contributed by atoms with Crippen molar-refractivity contribution < 1.29 is 14.2 Å². The Morgan fingerprint density at radius 3 is 2.74 bits per heavy atom. The molecule has 0 aliphatic carbocycles. The lowest BCUT2D eigenvalue weighted by Crippen LogP contribution is -2.39. The summed E-state index contributed by atoms with van der Waals surface area (Å²) >= 11 is 0. The lowest BCUT2D eigenvalue weighted by Gasteiger charge is -2.23. The van der Waals surface area contributed by atoms with Crippen LogP contribution in [0.5, 0.6) is 5.75 Å². The predicted octanol–water partition coefficient (Wildman–Crippen LogP) is 2.20. The number of pyridine rings is 1. The van der Waals surface area contributed by atoms with E-state index in [1.165, 1.54) is 4.90 Å². The first-order chi connectivity index (χ1) is 11.1. The Morgan fingerprint density at radius 1 is 1.22 bits per heavy atom. The second-order valence-electron chi connectivity index (χ2n) is 5.41. The molecular formula is C18H17FN2O2. The molecule has 1 aliphatic rings. The van der Waals surface area contributed by atoms with Gasteiger partial charge in [-0.3, -0.25) is 0 Å². The molecule has 0 bridgehead atoms. The summed E-state index contributed by atoms with van der Waals surface area (Å²) in [5, 5.41) is 10.1. The van der Waals surface area contributed by atoms with E-state index in [0.29, 0.717) is 18.0 Å². The van der Waals surface area contributed by atoms with E-state index in [4.69, 9.17) is 4.74 Å². The lowest BCUT2D eigenvalue weighted by molar-refractivity contribution is -0.129. The molecular weight excluding hydrogens is 295 g/mol. The Bertz CT molecular complexity index is 699. The fraction of sp³-hybridized carbons (Fsp3) is 0.278. The van der Waals surface area contributed by atoms with Gasteiger partial charge in [0.1, 0.15) is 11.4 Å². The first-order valence-electron chi connectivity index (χ1n) is 7.42.